The first kappa shape index (κ1) is 11.9. The molecule has 0 N–H and O–H groups in total. The van der Waals surface area contributed by atoms with Crippen LogP contribution in [-0.4, -0.2) is 17.5 Å². The molecule has 80 valence electrons. The summed E-state index contributed by atoms with van der Waals surface area (Å²) in [6, 6.07) is 0. The second-order valence-corrected chi connectivity index (χ2v) is 4.76. The number of fused-ring (bicyclic) bond motifs is 1. The third-order valence-electron chi connectivity index (χ3n) is 2.72. The first-order valence-corrected chi connectivity index (χ1v) is 5.84. The summed E-state index contributed by atoms with van der Waals surface area (Å²) in [5.41, 5.74) is 0. The van der Waals surface area contributed by atoms with E-state index in [0.29, 0.717) is 5.92 Å². The van der Waals surface area contributed by atoms with Gasteiger partial charge in [-0.05, 0) is 13.3 Å². The number of rotatable bonds is 0. The molecule has 0 saturated carbocycles. The summed E-state index contributed by atoms with van der Waals surface area (Å²) >= 11 is 4.68. The molecule has 0 aromatic heterocycles. The van der Waals surface area contributed by atoms with Crippen LogP contribution in [0.2, 0.25) is 0 Å². The first-order chi connectivity index (χ1) is 6.70. The molecule has 2 rings (SSSR count). The van der Waals surface area contributed by atoms with Gasteiger partial charge in [0.15, 0.2) is 0 Å². The molecule has 3 unspecified atom stereocenters. The van der Waals surface area contributed by atoms with E-state index in [1.165, 1.54) is 0 Å². The molecule has 0 radical (unpaired) electrons. The summed E-state index contributed by atoms with van der Waals surface area (Å²) in [6.45, 7) is 7.03. The van der Waals surface area contributed by atoms with E-state index in [4.69, 9.17) is 4.74 Å². The van der Waals surface area contributed by atoms with Crippen LogP contribution in [0.25, 0.3) is 0 Å². The van der Waals surface area contributed by atoms with Crippen molar-refractivity contribution in [1.29, 1.82) is 0 Å². The maximum absolute atomic E-state index is 5.63. The van der Waals surface area contributed by atoms with E-state index >= 15 is 0 Å². The van der Waals surface area contributed by atoms with Crippen LogP contribution in [0.1, 0.15) is 27.2 Å². The van der Waals surface area contributed by atoms with Crippen LogP contribution in [0.15, 0.2) is 24.3 Å². The minimum absolute atomic E-state index is 0.101. The van der Waals surface area contributed by atoms with Gasteiger partial charge in [-0.3, -0.25) is 0 Å². The lowest BCUT2D eigenvalue weighted by atomic mass is 9.81. The Morgan fingerprint density at radius 3 is 2.57 bits per heavy atom. The van der Waals surface area contributed by atoms with Crippen molar-refractivity contribution in [2.24, 2.45) is 5.92 Å². The fourth-order valence-corrected chi connectivity index (χ4v) is 2.20. The monoisotopic (exact) mass is 212 g/mol. The molecule has 14 heavy (non-hydrogen) atoms. The van der Waals surface area contributed by atoms with Gasteiger partial charge in [0, 0.05) is 17.3 Å². The lowest BCUT2D eigenvalue weighted by molar-refractivity contribution is 0.00324. The van der Waals surface area contributed by atoms with Gasteiger partial charge < -0.3 is 4.74 Å². The van der Waals surface area contributed by atoms with E-state index in [1.54, 1.807) is 0 Å². The van der Waals surface area contributed by atoms with Crippen molar-refractivity contribution in [3.8, 4) is 0 Å². The topological polar surface area (TPSA) is 9.23 Å². The SMILES string of the molecule is CC.CC1(S)CCOC2C=CC=CC21. The third-order valence-corrected chi connectivity index (χ3v) is 3.24. The normalized spacial score (nSPS) is 39.7. The second-order valence-electron chi connectivity index (χ2n) is 3.74. The molecule has 0 amide bonds. The van der Waals surface area contributed by atoms with Crippen LogP contribution in [-0.2, 0) is 4.74 Å². The van der Waals surface area contributed by atoms with Crippen molar-refractivity contribution in [3.05, 3.63) is 24.3 Å². The molecule has 0 aromatic carbocycles. The Labute approximate surface area is 92.6 Å². The zero-order chi connectivity index (χ0) is 10.6. The van der Waals surface area contributed by atoms with E-state index in [2.05, 4.69) is 43.9 Å². The Morgan fingerprint density at radius 2 is 1.93 bits per heavy atom. The van der Waals surface area contributed by atoms with Gasteiger partial charge in [0.05, 0.1) is 6.10 Å². The van der Waals surface area contributed by atoms with Crippen molar-refractivity contribution in [1.82, 2.24) is 0 Å². The van der Waals surface area contributed by atoms with E-state index in [1.807, 2.05) is 13.8 Å². The van der Waals surface area contributed by atoms with Crippen LogP contribution in [0.3, 0.4) is 0 Å². The zero-order valence-corrected chi connectivity index (χ0v) is 10.1. The highest BCUT2D eigenvalue weighted by atomic mass is 32.1. The predicted molar refractivity (Wildman–Crippen MR) is 64.9 cm³/mol. The zero-order valence-electron chi connectivity index (χ0n) is 9.23. The maximum Gasteiger partial charge on any atom is 0.0834 e. The molecular weight excluding hydrogens is 192 g/mol. The molecule has 1 nitrogen and oxygen atoms in total. The number of allylic oxidation sites excluding steroid dienone is 2. The van der Waals surface area contributed by atoms with Gasteiger partial charge in [-0.1, -0.05) is 38.2 Å². The summed E-state index contributed by atoms with van der Waals surface area (Å²) in [7, 11) is 0. The summed E-state index contributed by atoms with van der Waals surface area (Å²) in [4.78, 5) is 0. The Hall–Kier alpha value is -0.210. The fourth-order valence-electron chi connectivity index (χ4n) is 1.88. The number of hydrogen-bond acceptors (Lipinski definition) is 2. The molecule has 0 aromatic rings. The number of thiol groups is 1. The predicted octanol–water partition coefficient (Wildman–Crippen LogP) is 3.23. The molecule has 3 atom stereocenters. The molecule has 1 heterocycles. The first-order valence-electron chi connectivity index (χ1n) is 5.39. The standard InChI is InChI=1S/C10H14OS.C2H6/c1-10(12)6-7-11-9-5-3-2-4-8(9)10;1-2/h2-5,8-9,12H,6-7H2,1H3;1-2H3. The molecule has 1 fully saturated rings. The van der Waals surface area contributed by atoms with Gasteiger partial charge in [-0.25, -0.2) is 0 Å². The molecule has 1 saturated heterocycles. The van der Waals surface area contributed by atoms with Gasteiger partial charge >= 0.3 is 0 Å². The molecule has 2 heteroatoms. The lowest BCUT2D eigenvalue weighted by Gasteiger charge is -2.41. The average Bonchev–Trinajstić information content (AvgIpc) is 2.21. The quantitative estimate of drug-likeness (QED) is 0.607. The van der Waals surface area contributed by atoms with E-state index in [0.717, 1.165) is 13.0 Å². The van der Waals surface area contributed by atoms with Crippen LogP contribution >= 0.6 is 12.6 Å². The smallest absolute Gasteiger partial charge is 0.0834 e. The number of hydrogen-bond donors (Lipinski definition) is 1. The van der Waals surface area contributed by atoms with Crippen molar-refractivity contribution in [3.63, 3.8) is 0 Å². The van der Waals surface area contributed by atoms with Gasteiger partial charge in [-0.15, -0.1) is 0 Å². The largest absolute Gasteiger partial charge is 0.373 e. The Balaban J connectivity index is 0.000000461. The highest BCUT2D eigenvalue weighted by Crippen LogP contribution is 2.38. The van der Waals surface area contributed by atoms with Gasteiger partial charge in [0.1, 0.15) is 0 Å². The molecule has 0 bridgehead atoms. The van der Waals surface area contributed by atoms with Gasteiger partial charge in [0.25, 0.3) is 0 Å². The fraction of sp³-hybridized carbons (Fsp3) is 0.667. The van der Waals surface area contributed by atoms with Crippen molar-refractivity contribution < 1.29 is 4.74 Å². The highest BCUT2D eigenvalue weighted by Gasteiger charge is 2.38. The Morgan fingerprint density at radius 1 is 1.29 bits per heavy atom. The summed E-state index contributed by atoms with van der Waals surface area (Å²) in [5.74, 6) is 0.444. The summed E-state index contributed by atoms with van der Waals surface area (Å²) in [5, 5.41) is 0. The Kier molecular flexibility index (Phi) is 4.27. The van der Waals surface area contributed by atoms with Crippen molar-refractivity contribution in [2.75, 3.05) is 6.61 Å². The van der Waals surface area contributed by atoms with E-state index in [9.17, 15) is 0 Å². The van der Waals surface area contributed by atoms with Gasteiger partial charge in [-0.2, -0.15) is 12.6 Å². The highest BCUT2D eigenvalue weighted by molar-refractivity contribution is 7.81. The molecule has 0 spiro atoms. The van der Waals surface area contributed by atoms with Crippen molar-refractivity contribution in [2.45, 2.75) is 38.0 Å². The lowest BCUT2D eigenvalue weighted by Crippen LogP contribution is -2.43. The third kappa shape index (κ3) is 2.43. The molecular formula is C12H20OS. The molecule has 1 aliphatic heterocycles. The van der Waals surface area contributed by atoms with Crippen LogP contribution in [0.5, 0.6) is 0 Å². The average molecular weight is 212 g/mol. The second kappa shape index (κ2) is 5.04. The van der Waals surface area contributed by atoms with E-state index in [-0.39, 0.29) is 10.9 Å². The maximum atomic E-state index is 5.63. The van der Waals surface area contributed by atoms with Gasteiger partial charge in [0.2, 0.25) is 0 Å². The van der Waals surface area contributed by atoms with Crippen LogP contribution < -0.4 is 0 Å². The van der Waals surface area contributed by atoms with E-state index < -0.39 is 0 Å². The Bertz CT molecular complexity index is 230. The summed E-state index contributed by atoms with van der Waals surface area (Å²) in [6.07, 6.45) is 9.76. The van der Waals surface area contributed by atoms with Crippen LogP contribution in [0.4, 0.5) is 0 Å². The molecule has 1 aliphatic carbocycles. The minimum Gasteiger partial charge on any atom is -0.373 e. The summed E-state index contributed by atoms with van der Waals surface area (Å²) < 4.78 is 5.73. The van der Waals surface area contributed by atoms with Crippen molar-refractivity contribution >= 4 is 12.6 Å². The minimum atomic E-state index is 0.101. The molecule has 2 aliphatic rings. The van der Waals surface area contributed by atoms with Crippen LogP contribution in [0, 0.1) is 5.92 Å². The number of ether oxygens (including phenoxy) is 1.